The van der Waals surface area contributed by atoms with Crippen LogP contribution in [0.2, 0.25) is 0 Å². The summed E-state index contributed by atoms with van der Waals surface area (Å²) in [4.78, 5) is 0. The monoisotopic (exact) mass is 636 g/mol. The maximum Gasteiger partial charge on any atom is 0.140 e. The van der Waals surface area contributed by atoms with Crippen molar-refractivity contribution >= 4 is 73.3 Å². The minimum absolute atomic E-state index is 0.113. The lowest BCUT2D eigenvalue weighted by Crippen LogP contribution is -2.67. The van der Waals surface area contributed by atoms with Gasteiger partial charge in [0.1, 0.15) is 8.07 Å². The highest BCUT2D eigenvalue weighted by atomic mass is 35.5. The molecule has 8 rings (SSSR count). The Morgan fingerprint density at radius 3 is 1.24 bits per heavy atom. The summed E-state index contributed by atoms with van der Waals surface area (Å²) >= 11 is 15.1. The Balaban J connectivity index is 1.61. The molecule has 0 fully saturated rings. The summed E-state index contributed by atoms with van der Waals surface area (Å²) in [5.41, 5.74) is 8.06. The molecular weight excluding hydrogens is 603 g/mol. The second kappa shape index (κ2) is 11.2. The highest BCUT2D eigenvalue weighted by Crippen LogP contribution is 2.59. The van der Waals surface area contributed by atoms with Crippen LogP contribution in [0.1, 0.15) is 60.0 Å². The van der Waals surface area contributed by atoms with Crippen LogP contribution in [-0.4, -0.2) is 8.07 Å². The van der Waals surface area contributed by atoms with Crippen molar-refractivity contribution in [2.24, 2.45) is 0 Å². The van der Waals surface area contributed by atoms with Crippen LogP contribution in [0.5, 0.6) is 0 Å². The molecule has 0 aromatic heterocycles. The molecule has 0 aliphatic heterocycles. The Morgan fingerprint density at radius 1 is 0.467 bits per heavy atom. The first kappa shape index (κ1) is 28.6. The first-order valence-corrected chi connectivity index (χ1v) is 18.9. The summed E-state index contributed by atoms with van der Waals surface area (Å²) in [5.74, 6) is 0. The molecule has 0 amide bonds. The second-order valence-electron chi connectivity index (χ2n) is 12.3. The highest BCUT2D eigenvalue weighted by molar-refractivity contribution is 7.05. The molecule has 0 heterocycles. The predicted molar refractivity (Wildman–Crippen MR) is 197 cm³/mol. The van der Waals surface area contributed by atoms with Crippen molar-refractivity contribution < 1.29 is 0 Å². The largest absolute Gasteiger partial charge is 0.140 e. The third-order valence-corrected chi connectivity index (χ3v) is 17.0. The molecule has 6 aromatic carbocycles. The first-order valence-electron chi connectivity index (χ1n) is 16.0. The molecule has 2 aliphatic rings. The van der Waals surface area contributed by atoms with Gasteiger partial charge in [0.15, 0.2) is 0 Å². The standard InChI is InChI=1S/C42H34Cl2Si/c1-3-31-39(43)35-25-23-27-15-11-13-21-33(27)37(35)41(31)45(29-17-7-5-8-18-29,30-19-9-6-10-20-30)42-32(4-2)40(44)36-26-24-28-16-12-14-22-34(28)38(36)42/h5-26,41-42H,3-4H2,1-2H3. The van der Waals surface area contributed by atoms with Crippen LogP contribution in [-0.2, 0) is 0 Å². The Labute approximate surface area is 276 Å². The summed E-state index contributed by atoms with van der Waals surface area (Å²) in [6, 6.07) is 49.6. The molecule has 3 heteroatoms. The van der Waals surface area contributed by atoms with Crippen LogP contribution in [0.25, 0.3) is 31.6 Å². The average Bonchev–Trinajstić information content (AvgIpc) is 3.57. The second-order valence-corrected chi connectivity index (χ2v) is 17.2. The third kappa shape index (κ3) is 4.04. The van der Waals surface area contributed by atoms with Crippen LogP contribution in [0.4, 0.5) is 0 Å². The van der Waals surface area contributed by atoms with E-state index in [-0.39, 0.29) is 11.1 Å². The van der Waals surface area contributed by atoms with Crippen LogP contribution in [0.3, 0.4) is 0 Å². The fraction of sp³-hybridized carbons (Fsp3) is 0.143. The van der Waals surface area contributed by atoms with Crippen molar-refractivity contribution in [2.45, 2.75) is 37.8 Å². The van der Waals surface area contributed by atoms with Gasteiger partial charge in [0, 0.05) is 21.1 Å². The van der Waals surface area contributed by atoms with Crippen molar-refractivity contribution in [3.8, 4) is 0 Å². The van der Waals surface area contributed by atoms with Gasteiger partial charge in [-0.15, -0.1) is 0 Å². The van der Waals surface area contributed by atoms with Crippen molar-refractivity contribution in [1.82, 2.24) is 0 Å². The number of fused-ring (bicyclic) bond motifs is 6. The quantitative estimate of drug-likeness (QED) is 0.159. The minimum Gasteiger partial charge on any atom is -0.0837 e. The maximum atomic E-state index is 7.55. The Morgan fingerprint density at radius 2 is 0.844 bits per heavy atom. The van der Waals surface area contributed by atoms with Crippen LogP contribution >= 0.6 is 23.2 Å². The van der Waals surface area contributed by atoms with E-state index in [1.165, 1.54) is 65.3 Å². The Kier molecular flexibility index (Phi) is 7.10. The smallest absolute Gasteiger partial charge is 0.0837 e. The Bertz CT molecular complexity index is 2000. The SMILES string of the molecule is CCC1=C(Cl)c2ccc3ccccc3c2C1[Si](c1ccccc1)(c1ccccc1)C1C(CC)=C(Cl)c2ccc3ccccc3c21. The van der Waals surface area contributed by atoms with E-state index in [1.54, 1.807) is 0 Å². The summed E-state index contributed by atoms with van der Waals surface area (Å²) in [6.07, 6.45) is 1.77. The van der Waals surface area contributed by atoms with Crippen molar-refractivity contribution in [3.63, 3.8) is 0 Å². The van der Waals surface area contributed by atoms with Gasteiger partial charge < -0.3 is 0 Å². The van der Waals surface area contributed by atoms with E-state index in [1.807, 2.05) is 0 Å². The molecule has 0 nitrogen and oxygen atoms in total. The number of allylic oxidation sites excluding steroid dienone is 2. The van der Waals surface area contributed by atoms with Gasteiger partial charge in [0.25, 0.3) is 0 Å². The lowest BCUT2D eigenvalue weighted by Gasteiger charge is -2.46. The number of halogens is 2. The van der Waals surface area contributed by atoms with Gasteiger partial charge in [-0.3, -0.25) is 0 Å². The molecule has 0 N–H and O–H groups in total. The van der Waals surface area contributed by atoms with Gasteiger partial charge in [0.05, 0.1) is 0 Å². The molecule has 0 saturated carbocycles. The molecular formula is C42H34Cl2Si. The summed E-state index contributed by atoms with van der Waals surface area (Å²) in [5, 5.41) is 9.80. The first-order chi connectivity index (χ1) is 22.1. The number of rotatable bonds is 6. The minimum atomic E-state index is -2.95. The fourth-order valence-corrected chi connectivity index (χ4v) is 16.5. The summed E-state index contributed by atoms with van der Waals surface area (Å²) < 4.78 is 0. The van der Waals surface area contributed by atoms with E-state index in [0.717, 1.165) is 22.9 Å². The zero-order chi connectivity index (χ0) is 30.7. The molecule has 0 saturated heterocycles. The van der Waals surface area contributed by atoms with Gasteiger partial charge in [-0.1, -0.05) is 181 Å². The number of hydrogen-bond donors (Lipinski definition) is 0. The molecule has 0 radical (unpaired) electrons. The van der Waals surface area contributed by atoms with Crippen molar-refractivity contribution in [3.05, 3.63) is 167 Å². The fourth-order valence-electron chi connectivity index (χ4n) is 8.70. The van der Waals surface area contributed by atoms with E-state index in [9.17, 15) is 0 Å². The molecule has 45 heavy (non-hydrogen) atoms. The molecule has 2 atom stereocenters. The van der Waals surface area contributed by atoms with Gasteiger partial charge >= 0.3 is 0 Å². The number of hydrogen-bond acceptors (Lipinski definition) is 0. The maximum absolute atomic E-state index is 7.55. The topological polar surface area (TPSA) is 0 Å². The predicted octanol–water partition coefficient (Wildman–Crippen LogP) is 10.9. The molecule has 0 spiro atoms. The van der Waals surface area contributed by atoms with Gasteiger partial charge in [0.2, 0.25) is 0 Å². The average molecular weight is 638 g/mol. The summed E-state index contributed by atoms with van der Waals surface area (Å²) in [7, 11) is -2.95. The van der Waals surface area contributed by atoms with E-state index in [4.69, 9.17) is 23.2 Å². The lowest BCUT2D eigenvalue weighted by atomic mass is 9.98. The van der Waals surface area contributed by atoms with Gasteiger partial charge in [-0.25, -0.2) is 0 Å². The van der Waals surface area contributed by atoms with Crippen LogP contribution < -0.4 is 10.4 Å². The summed E-state index contributed by atoms with van der Waals surface area (Å²) in [6.45, 7) is 4.57. The molecule has 6 aromatic rings. The molecule has 220 valence electrons. The van der Waals surface area contributed by atoms with Crippen molar-refractivity contribution in [2.75, 3.05) is 0 Å². The molecule has 0 bridgehead atoms. The Hall–Kier alpha value is -3.88. The lowest BCUT2D eigenvalue weighted by molar-refractivity contribution is 0.920. The van der Waals surface area contributed by atoms with E-state index >= 15 is 0 Å². The normalized spacial score (nSPS) is 17.8. The third-order valence-electron chi connectivity index (χ3n) is 10.4. The van der Waals surface area contributed by atoms with Crippen LogP contribution in [0, 0.1) is 0 Å². The van der Waals surface area contributed by atoms with Gasteiger partial charge in [-0.05, 0) is 67.8 Å². The number of benzene rings is 6. The zero-order valence-electron chi connectivity index (χ0n) is 25.5. The van der Waals surface area contributed by atoms with Crippen LogP contribution in [0.15, 0.2) is 145 Å². The van der Waals surface area contributed by atoms with Crippen molar-refractivity contribution in [1.29, 1.82) is 0 Å². The molecule has 2 unspecified atom stereocenters. The zero-order valence-corrected chi connectivity index (χ0v) is 28.0. The van der Waals surface area contributed by atoms with E-state index < -0.39 is 8.07 Å². The van der Waals surface area contributed by atoms with E-state index in [0.29, 0.717) is 0 Å². The highest BCUT2D eigenvalue weighted by Gasteiger charge is 2.58. The van der Waals surface area contributed by atoms with Gasteiger partial charge in [-0.2, -0.15) is 0 Å². The molecule has 2 aliphatic carbocycles. The van der Waals surface area contributed by atoms with E-state index in [2.05, 4.69) is 147 Å².